The number of thiazole rings is 1. The maximum absolute atomic E-state index is 11.5. The van der Waals surface area contributed by atoms with Crippen LogP contribution < -0.4 is 10.2 Å². The Bertz CT molecular complexity index is 619. The number of nitrogens with one attached hydrogen (secondary N) is 1. The molecule has 2 aromatic rings. The van der Waals surface area contributed by atoms with Crippen LogP contribution in [0.2, 0.25) is 0 Å². The second kappa shape index (κ2) is 5.02. The van der Waals surface area contributed by atoms with Gasteiger partial charge in [0.1, 0.15) is 0 Å². The minimum Gasteiger partial charge on any atom is -0.359 e. The molecule has 0 radical (unpaired) electrons. The van der Waals surface area contributed by atoms with Crippen molar-refractivity contribution in [1.29, 1.82) is 0 Å². The lowest BCUT2D eigenvalue weighted by Crippen LogP contribution is -2.53. The zero-order valence-electron chi connectivity index (χ0n) is 10.8. The topological polar surface area (TPSA) is 45.2 Å². The number of benzene rings is 1. The quantitative estimate of drug-likeness (QED) is 0.881. The molecule has 1 aliphatic rings. The first-order chi connectivity index (χ1) is 9.21. The van der Waals surface area contributed by atoms with Crippen LogP contribution in [0.1, 0.15) is 0 Å². The van der Waals surface area contributed by atoms with E-state index in [1.54, 1.807) is 30.1 Å². The van der Waals surface area contributed by atoms with Crippen molar-refractivity contribution in [3.05, 3.63) is 18.2 Å². The standard InChI is InChI=1S/C13H15N3OS2/c1-14-12(17)8-6-16(7-8)13-15-10-4-3-9(18-2)5-11(10)19-13/h3-5,8H,6-7H2,1-2H3,(H,14,17). The van der Waals surface area contributed by atoms with E-state index in [-0.39, 0.29) is 11.8 Å². The van der Waals surface area contributed by atoms with Crippen molar-refractivity contribution in [2.75, 3.05) is 31.3 Å². The van der Waals surface area contributed by atoms with E-state index in [4.69, 9.17) is 0 Å². The van der Waals surface area contributed by atoms with Crippen LogP contribution in [0, 0.1) is 5.92 Å². The molecule has 2 heterocycles. The summed E-state index contributed by atoms with van der Waals surface area (Å²) in [4.78, 5) is 19.5. The second-order valence-corrected chi connectivity index (χ2v) is 6.44. The average molecular weight is 293 g/mol. The largest absolute Gasteiger partial charge is 0.359 e. The molecule has 0 unspecified atom stereocenters. The number of hydrogen-bond donors (Lipinski definition) is 1. The lowest BCUT2D eigenvalue weighted by atomic mass is 10.0. The number of nitrogens with zero attached hydrogens (tertiary/aromatic N) is 2. The SMILES string of the molecule is CNC(=O)C1CN(c2nc3ccc(SC)cc3s2)C1. The fourth-order valence-corrected chi connectivity index (χ4v) is 3.70. The number of fused-ring (bicyclic) bond motifs is 1. The summed E-state index contributed by atoms with van der Waals surface area (Å²) in [5.41, 5.74) is 1.04. The van der Waals surface area contributed by atoms with Crippen LogP contribution in [0.5, 0.6) is 0 Å². The minimum absolute atomic E-state index is 0.110. The molecule has 1 aromatic carbocycles. The van der Waals surface area contributed by atoms with Gasteiger partial charge in [-0.05, 0) is 24.5 Å². The molecule has 1 aromatic heterocycles. The van der Waals surface area contributed by atoms with Crippen LogP contribution in [0.25, 0.3) is 10.2 Å². The third-order valence-corrected chi connectivity index (χ3v) is 5.16. The molecule has 19 heavy (non-hydrogen) atoms. The Morgan fingerprint density at radius 3 is 3.00 bits per heavy atom. The first kappa shape index (κ1) is 12.7. The maximum Gasteiger partial charge on any atom is 0.226 e. The number of hydrogen-bond acceptors (Lipinski definition) is 5. The molecular weight excluding hydrogens is 278 g/mol. The summed E-state index contributed by atoms with van der Waals surface area (Å²) >= 11 is 3.44. The molecule has 0 saturated carbocycles. The Morgan fingerprint density at radius 1 is 1.53 bits per heavy atom. The van der Waals surface area contributed by atoms with E-state index in [0.29, 0.717) is 0 Å². The fourth-order valence-electron chi connectivity index (χ4n) is 2.16. The summed E-state index contributed by atoms with van der Waals surface area (Å²) in [5, 5.41) is 3.72. The van der Waals surface area contributed by atoms with Gasteiger partial charge in [0.2, 0.25) is 5.91 Å². The molecule has 0 aliphatic carbocycles. The zero-order valence-corrected chi connectivity index (χ0v) is 12.5. The van der Waals surface area contributed by atoms with E-state index < -0.39 is 0 Å². The summed E-state index contributed by atoms with van der Waals surface area (Å²) in [7, 11) is 1.69. The van der Waals surface area contributed by atoms with Gasteiger partial charge in [0.25, 0.3) is 0 Å². The number of anilines is 1. The zero-order chi connectivity index (χ0) is 13.4. The number of carbonyl (C=O) groups is 1. The first-order valence-corrected chi connectivity index (χ1v) is 8.16. The first-order valence-electron chi connectivity index (χ1n) is 6.12. The molecule has 100 valence electrons. The van der Waals surface area contributed by atoms with E-state index in [9.17, 15) is 4.79 Å². The Morgan fingerprint density at radius 2 is 2.32 bits per heavy atom. The lowest BCUT2D eigenvalue weighted by molar-refractivity contribution is -0.125. The Kier molecular flexibility index (Phi) is 3.36. The van der Waals surface area contributed by atoms with Gasteiger partial charge in [0, 0.05) is 25.0 Å². The molecule has 1 N–H and O–H groups in total. The summed E-state index contributed by atoms with van der Waals surface area (Å²) in [6, 6.07) is 6.34. The fraction of sp³-hybridized carbons (Fsp3) is 0.385. The molecule has 6 heteroatoms. The van der Waals surface area contributed by atoms with Crippen LogP contribution in [0.4, 0.5) is 5.13 Å². The van der Waals surface area contributed by atoms with Gasteiger partial charge < -0.3 is 10.2 Å². The summed E-state index contributed by atoms with van der Waals surface area (Å²) < 4.78 is 1.21. The van der Waals surface area contributed by atoms with Gasteiger partial charge in [-0.15, -0.1) is 11.8 Å². The molecular formula is C13H15N3OS2. The molecule has 1 fully saturated rings. The summed E-state index contributed by atoms with van der Waals surface area (Å²) in [5.74, 6) is 0.237. The molecule has 1 aliphatic heterocycles. The predicted molar refractivity (Wildman–Crippen MR) is 81.2 cm³/mol. The van der Waals surface area contributed by atoms with E-state index in [0.717, 1.165) is 23.7 Å². The molecule has 1 saturated heterocycles. The summed E-state index contributed by atoms with van der Waals surface area (Å²) in [6.07, 6.45) is 2.08. The van der Waals surface area contributed by atoms with E-state index in [1.165, 1.54) is 9.60 Å². The Balaban J connectivity index is 1.78. The molecule has 3 rings (SSSR count). The highest BCUT2D eigenvalue weighted by Crippen LogP contribution is 2.34. The van der Waals surface area contributed by atoms with Crippen LogP contribution in [-0.2, 0) is 4.79 Å². The predicted octanol–water partition coefficient (Wildman–Crippen LogP) is 2.20. The highest BCUT2D eigenvalue weighted by molar-refractivity contribution is 7.98. The molecule has 0 spiro atoms. The third kappa shape index (κ3) is 2.30. The molecule has 0 bridgehead atoms. The summed E-state index contributed by atoms with van der Waals surface area (Å²) in [6.45, 7) is 1.55. The van der Waals surface area contributed by atoms with Crippen molar-refractivity contribution < 1.29 is 4.79 Å². The van der Waals surface area contributed by atoms with Crippen molar-refractivity contribution in [2.24, 2.45) is 5.92 Å². The average Bonchev–Trinajstić information content (AvgIpc) is 2.78. The number of rotatable bonds is 3. The lowest BCUT2D eigenvalue weighted by Gasteiger charge is -2.37. The van der Waals surface area contributed by atoms with Gasteiger partial charge in [-0.25, -0.2) is 4.98 Å². The molecule has 0 atom stereocenters. The van der Waals surface area contributed by atoms with Gasteiger partial charge in [0.15, 0.2) is 5.13 Å². The maximum atomic E-state index is 11.5. The minimum atomic E-state index is 0.110. The Hall–Kier alpha value is -1.27. The van der Waals surface area contributed by atoms with E-state index >= 15 is 0 Å². The van der Waals surface area contributed by atoms with Gasteiger partial charge in [-0.3, -0.25) is 4.79 Å². The van der Waals surface area contributed by atoms with Gasteiger partial charge in [-0.2, -0.15) is 0 Å². The van der Waals surface area contributed by atoms with Crippen LogP contribution in [0.15, 0.2) is 23.1 Å². The van der Waals surface area contributed by atoms with E-state index in [2.05, 4.69) is 39.7 Å². The van der Waals surface area contributed by atoms with Gasteiger partial charge in [0.05, 0.1) is 16.1 Å². The van der Waals surface area contributed by atoms with Crippen molar-refractivity contribution in [2.45, 2.75) is 4.90 Å². The smallest absolute Gasteiger partial charge is 0.226 e. The van der Waals surface area contributed by atoms with E-state index in [1.807, 2.05) is 0 Å². The number of carbonyl (C=O) groups excluding carboxylic acids is 1. The van der Waals surface area contributed by atoms with Crippen LogP contribution >= 0.6 is 23.1 Å². The van der Waals surface area contributed by atoms with Crippen molar-refractivity contribution in [3.8, 4) is 0 Å². The number of amides is 1. The van der Waals surface area contributed by atoms with Crippen molar-refractivity contribution in [1.82, 2.24) is 10.3 Å². The Labute approximate surface area is 120 Å². The third-order valence-electron chi connectivity index (χ3n) is 3.35. The highest BCUT2D eigenvalue weighted by Gasteiger charge is 2.33. The van der Waals surface area contributed by atoms with Gasteiger partial charge >= 0.3 is 0 Å². The monoisotopic (exact) mass is 293 g/mol. The number of aromatic nitrogens is 1. The van der Waals surface area contributed by atoms with Crippen molar-refractivity contribution in [3.63, 3.8) is 0 Å². The van der Waals surface area contributed by atoms with Crippen LogP contribution in [-0.4, -0.2) is 37.3 Å². The molecule has 4 nitrogen and oxygen atoms in total. The van der Waals surface area contributed by atoms with Crippen molar-refractivity contribution >= 4 is 44.4 Å². The normalized spacial score (nSPS) is 15.6. The number of thioether (sulfide) groups is 1. The van der Waals surface area contributed by atoms with Crippen LogP contribution in [0.3, 0.4) is 0 Å². The second-order valence-electron chi connectivity index (χ2n) is 4.55. The highest BCUT2D eigenvalue weighted by atomic mass is 32.2. The van der Waals surface area contributed by atoms with Gasteiger partial charge in [-0.1, -0.05) is 11.3 Å². The molecule has 1 amide bonds.